The van der Waals surface area contributed by atoms with Crippen LogP contribution in [0.4, 0.5) is 18.0 Å². The zero-order valence-corrected chi connectivity index (χ0v) is 7.27. The highest BCUT2D eigenvalue weighted by Crippen LogP contribution is 2.21. The predicted molar refractivity (Wildman–Crippen MR) is 42.0 cm³/mol. The molecule has 0 bridgehead atoms. The second-order valence-corrected chi connectivity index (χ2v) is 3.31. The first-order valence-corrected chi connectivity index (χ1v) is 4.16. The SMILES string of the molecule is O=C(O)NC1CC(NCC(F)(F)F)C1. The molecule has 0 aromatic heterocycles. The maximum Gasteiger partial charge on any atom is 0.404 e. The molecule has 0 aliphatic heterocycles. The molecule has 1 fully saturated rings. The Balaban J connectivity index is 2.07. The van der Waals surface area contributed by atoms with Crippen molar-refractivity contribution in [1.29, 1.82) is 0 Å². The number of amides is 1. The van der Waals surface area contributed by atoms with Crippen LogP contribution in [-0.2, 0) is 0 Å². The monoisotopic (exact) mass is 212 g/mol. The molecular weight excluding hydrogens is 201 g/mol. The molecule has 1 amide bonds. The number of hydrogen-bond donors (Lipinski definition) is 3. The Labute approximate surface area is 78.5 Å². The molecule has 0 aromatic rings. The molecule has 4 nitrogen and oxygen atoms in total. The molecule has 1 saturated carbocycles. The third kappa shape index (κ3) is 3.82. The van der Waals surface area contributed by atoms with E-state index in [1.807, 2.05) is 0 Å². The molecule has 0 spiro atoms. The molecule has 1 aliphatic rings. The van der Waals surface area contributed by atoms with Crippen molar-refractivity contribution in [1.82, 2.24) is 10.6 Å². The van der Waals surface area contributed by atoms with Gasteiger partial charge in [-0.25, -0.2) is 4.79 Å². The fraction of sp³-hybridized carbons (Fsp3) is 0.857. The third-order valence-corrected chi connectivity index (χ3v) is 2.06. The van der Waals surface area contributed by atoms with Crippen LogP contribution in [0.1, 0.15) is 12.8 Å². The Kier molecular flexibility index (Phi) is 3.20. The number of rotatable bonds is 3. The lowest BCUT2D eigenvalue weighted by atomic mass is 9.87. The van der Waals surface area contributed by atoms with Crippen molar-refractivity contribution in [2.75, 3.05) is 6.54 Å². The highest BCUT2D eigenvalue weighted by molar-refractivity contribution is 5.65. The minimum atomic E-state index is -4.20. The van der Waals surface area contributed by atoms with Crippen molar-refractivity contribution in [3.05, 3.63) is 0 Å². The Bertz CT molecular complexity index is 213. The van der Waals surface area contributed by atoms with Gasteiger partial charge in [-0.1, -0.05) is 0 Å². The minimum Gasteiger partial charge on any atom is -0.465 e. The van der Waals surface area contributed by atoms with Crippen LogP contribution in [0.15, 0.2) is 0 Å². The van der Waals surface area contributed by atoms with E-state index >= 15 is 0 Å². The van der Waals surface area contributed by atoms with Gasteiger partial charge in [0, 0.05) is 12.1 Å². The normalized spacial score (nSPS) is 26.8. The van der Waals surface area contributed by atoms with Crippen LogP contribution in [0.5, 0.6) is 0 Å². The Morgan fingerprint density at radius 2 is 1.93 bits per heavy atom. The number of carboxylic acid groups (broad SMARTS) is 1. The van der Waals surface area contributed by atoms with E-state index in [-0.39, 0.29) is 12.1 Å². The Morgan fingerprint density at radius 1 is 1.36 bits per heavy atom. The van der Waals surface area contributed by atoms with Gasteiger partial charge in [0.05, 0.1) is 6.54 Å². The summed E-state index contributed by atoms with van der Waals surface area (Å²) >= 11 is 0. The molecule has 1 aliphatic carbocycles. The van der Waals surface area contributed by atoms with E-state index in [1.54, 1.807) is 0 Å². The largest absolute Gasteiger partial charge is 0.465 e. The van der Waals surface area contributed by atoms with Gasteiger partial charge in [-0.15, -0.1) is 0 Å². The van der Waals surface area contributed by atoms with Crippen LogP contribution in [0.3, 0.4) is 0 Å². The molecule has 3 N–H and O–H groups in total. The van der Waals surface area contributed by atoms with E-state index in [0.717, 1.165) is 0 Å². The van der Waals surface area contributed by atoms with Crippen LogP contribution >= 0.6 is 0 Å². The summed E-state index contributed by atoms with van der Waals surface area (Å²) in [5.74, 6) is 0. The summed E-state index contributed by atoms with van der Waals surface area (Å²) in [5, 5.41) is 12.8. The number of alkyl halides is 3. The lowest BCUT2D eigenvalue weighted by Crippen LogP contribution is -2.53. The Hall–Kier alpha value is -0.980. The van der Waals surface area contributed by atoms with Gasteiger partial charge < -0.3 is 15.7 Å². The first kappa shape index (κ1) is 11.1. The molecule has 0 unspecified atom stereocenters. The fourth-order valence-corrected chi connectivity index (χ4v) is 1.34. The predicted octanol–water partition coefficient (Wildman–Crippen LogP) is 0.937. The standard InChI is InChI=1S/C7H11F3N2O2/c8-7(9,10)3-11-4-1-5(2-4)12-6(13)14/h4-5,11-12H,1-3H2,(H,13,14). The number of carbonyl (C=O) groups is 1. The van der Waals surface area contributed by atoms with Crippen molar-refractivity contribution >= 4 is 6.09 Å². The van der Waals surface area contributed by atoms with Crippen LogP contribution < -0.4 is 10.6 Å². The summed E-state index contributed by atoms with van der Waals surface area (Å²) in [7, 11) is 0. The van der Waals surface area contributed by atoms with Crippen molar-refractivity contribution in [3.8, 4) is 0 Å². The summed E-state index contributed by atoms with van der Waals surface area (Å²) in [4.78, 5) is 10.1. The number of nitrogens with one attached hydrogen (secondary N) is 2. The fourth-order valence-electron chi connectivity index (χ4n) is 1.34. The van der Waals surface area contributed by atoms with Gasteiger partial charge >= 0.3 is 12.3 Å². The molecule has 0 heterocycles. The van der Waals surface area contributed by atoms with Gasteiger partial charge in [0.25, 0.3) is 0 Å². The maximum atomic E-state index is 11.7. The third-order valence-electron chi connectivity index (χ3n) is 2.06. The molecule has 14 heavy (non-hydrogen) atoms. The van der Waals surface area contributed by atoms with Gasteiger partial charge in [-0.3, -0.25) is 0 Å². The number of hydrogen-bond acceptors (Lipinski definition) is 2. The summed E-state index contributed by atoms with van der Waals surface area (Å²) < 4.78 is 35.1. The van der Waals surface area contributed by atoms with Gasteiger partial charge in [0.2, 0.25) is 0 Å². The summed E-state index contributed by atoms with van der Waals surface area (Å²) in [5.41, 5.74) is 0. The minimum absolute atomic E-state index is 0.210. The first-order valence-electron chi connectivity index (χ1n) is 4.16. The smallest absolute Gasteiger partial charge is 0.404 e. The molecule has 82 valence electrons. The van der Waals surface area contributed by atoms with E-state index in [4.69, 9.17) is 5.11 Å². The highest BCUT2D eigenvalue weighted by Gasteiger charge is 2.34. The Morgan fingerprint density at radius 3 is 2.36 bits per heavy atom. The molecule has 0 aromatic carbocycles. The molecule has 7 heteroatoms. The molecule has 0 radical (unpaired) electrons. The maximum absolute atomic E-state index is 11.7. The molecule has 0 saturated heterocycles. The van der Waals surface area contributed by atoms with E-state index in [0.29, 0.717) is 12.8 Å². The van der Waals surface area contributed by atoms with E-state index in [2.05, 4.69) is 10.6 Å². The van der Waals surface area contributed by atoms with E-state index < -0.39 is 18.8 Å². The van der Waals surface area contributed by atoms with Crippen molar-refractivity contribution < 1.29 is 23.1 Å². The van der Waals surface area contributed by atoms with E-state index in [1.165, 1.54) is 0 Å². The highest BCUT2D eigenvalue weighted by atomic mass is 19.4. The van der Waals surface area contributed by atoms with Crippen molar-refractivity contribution in [2.24, 2.45) is 0 Å². The van der Waals surface area contributed by atoms with Crippen LogP contribution in [0.25, 0.3) is 0 Å². The second kappa shape index (κ2) is 4.04. The van der Waals surface area contributed by atoms with Crippen molar-refractivity contribution in [3.63, 3.8) is 0 Å². The van der Waals surface area contributed by atoms with Crippen molar-refractivity contribution in [2.45, 2.75) is 31.1 Å². The van der Waals surface area contributed by atoms with Crippen LogP contribution in [0, 0.1) is 0 Å². The lowest BCUT2D eigenvalue weighted by molar-refractivity contribution is -0.127. The number of halogens is 3. The zero-order valence-electron chi connectivity index (χ0n) is 7.27. The first-order chi connectivity index (χ1) is 6.37. The van der Waals surface area contributed by atoms with E-state index in [9.17, 15) is 18.0 Å². The molecule has 1 rings (SSSR count). The van der Waals surface area contributed by atoms with Crippen LogP contribution in [-0.4, -0.2) is 36.0 Å². The summed E-state index contributed by atoms with van der Waals surface area (Å²) in [6, 6.07) is -0.438. The van der Waals surface area contributed by atoms with Crippen LogP contribution in [0.2, 0.25) is 0 Å². The summed E-state index contributed by atoms with van der Waals surface area (Å²) in [6.45, 7) is -1.02. The summed E-state index contributed by atoms with van der Waals surface area (Å²) in [6.07, 6.45) is -4.50. The topological polar surface area (TPSA) is 61.4 Å². The molecular formula is C7H11F3N2O2. The lowest BCUT2D eigenvalue weighted by Gasteiger charge is -2.35. The molecule has 0 atom stereocenters. The average molecular weight is 212 g/mol. The second-order valence-electron chi connectivity index (χ2n) is 3.31. The average Bonchev–Trinajstić information content (AvgIpc) is 1.90. The van der Waals surface area contributed by atoms with Gasteiger partial charge in [0.15, 0.2) is 0 Å². The quantitative estimate of drug-likeness (QED) is 0.652. The zero-order chi connectivity index (χ0) is 10.8. The van der Waals surface area contributed by atoms with Gasteiger partial charge in [0.1, 0.15) is 0 Å². The van der Waals surface area contributed by atoms with Gasteiger partial charge in [-0.2, -0.15) is 13.2 Å². The van der Waals surface area contributed by atoms with Gasteiger partial charge in [-0.05, 0) is 12.8 Å².